The first-order valence-corrected chi connectivity index (χ1v) is 19.9. The molecule has 0 atom stereocenters. The van der Waals surface area contributed by atoms with Crippen LogP contribution < -0.4 is 0 Å². The Balaban J connectivity index is 1.21. The van der Waals surface area contributed by atoms with E-state index in [1.165, 1.54) is 0 Å². The zero-order valence-corrected chi connectivity index (χ0v) is 31.8. The van der Waals surface area contributed by atoms with Crippen LogP contribution in [0.5, 0.6) is 0 Å². The first kappa shape index (κ1) is 33.2. The molecule has 0 radical (unpaired) electrons. The third-order valence-electron chi connectivity index (χ3n) is 11.7. The van der Waals surface area contributed by atoms with Crippen LogP contribution >= 0.6 is 0 Å². The molecule has 0 fully saturated rings. The van der Waals surface area contributed by atoms with Gasteiger partial charge in [0, 0.05) is 50.8 Å². The summed E-state index contributed by atoms with van der Waals surface area (Å²) in [5.74, 6) is 0. The predicted octanol–water partition coefficient (Wildman–Crippen LogP) is 13.6. The lowest BCUT2D eigenvalue weighted by molar-refractivity contribution is 1.10. The van der Waals surface area contributed by atoms with Crippen LogP contribution in [0.3, 0.4) is 0 Å². The monoisotopic (exact) mass is 751 g/mol. The van der Waals surface area contributed by atoms with Crippen molar-refractivity contribution < 1.29 is 0 Å². The topological polar surface area (TPSA) is 56.5 Å². The second-order valence-corrected chi connectivity index (χ2v) is 15.0. The summed E-state index contributed by atoms with van der Waals surface area (Å²) in [6.45, 7) is 0. The van der Waals surface area contributed by atoms with Crippen LogP contribution in [0.4, 0.5) is 0 Å². The first-order chi connectivity index (χ1) is 29.3. The van der Waals surface area contributed by atoms with Gasteiger partial charge in [0.25, 0.3) is 0 Å². The van der Waals surface area contributed by atoms with Crippen LogP contribution in [0, 0.1) is 0 Å². The number of aromatic nitrogens is 5. The van der Waals surface area contributed by atoms with Crippen molar-refractivity contribution in [1.82, 2.24) is 24.5 Å². The van der Waals surface area contributed by atoms with E-state index in [0.29, 0.717) is 0 Å². The van der Waals surface area contributed by atoms with Gasteiger partial charge in [0.05, 0.1) is 44.8 Å². The number of rotatable bonds is 5. The molecule has 0 aliphatic heterocycles. The van der Waals surface area contributed by atoms with Gasteiger partial charge < -0.3 is 4.57 Å². The van der Waals surface area contributed by atoms with Crippen molar-refractivity contribution in [1.29, 1.82) is 0 Å². The molecule has 0 unspecified atom stereocenters. The summed E-state index contributed by atoms with van der Waals surface area (Å²) in [5.41, 5.74) is 13.1. The zero-order valence-electron chi connectivity index (χ0n) is 31.8. The molecule has 0 amide bonds. The van der Waals surface area contributed by atoms with E-state index in [1.807, 2.05) is 24.5 Å². The highest BCUT2D eigenvalue weighted by molar-refractivity contribution is 6.22. The standard InChI is InChI=1S/C54H33N5/c1-3-11-34(12-4-1)47-29-30-48(35-13-5-2-6-14-35)59(47)40-25-26-43-44(33-40)50(46-28-24-39-22-20-37-16-10-32-56-52(37)54(39)58-46)42-18-8-7-17-41(42)49(43)45-27-23-38-21-19-36-15-9-31-55-51(36)53(38)57-45/h1-33H. The van der Waals surface area contributed by atoms with Gasteiger partial charge in [-0.3, -0.25) is 9.97 Å². The van der Waals surface area contributed by atoms with Crippen LogP contribution in [0.25, 0.3) is 116 Å². The van der Waals surface area contributed by atoms with E-state index >= 15 is 0 Å². The Hall–Kier alpha value is -8.02. The largest absolute Gasteiger partial charge is 0.309 e. The van der Waals surface area contributed by atoms with Gasteiger partial charge in [-0.25, -0.2) is 9.97 Å². The molecular formula is C54H33N5. The molecule has 5 heteroatoms. The van der Waals surface area contributed by atoms with Crippen molar-refractivity contribution in [3.63, 3.8) is 0 Å². The Morgan fingerprint density at radius 2 is 0.763 bits per heavy atom. The number of hydrogen-bond donors (Lipinski definition) is 0. The molecule has 5 heterocycles. The van der Waals surface area contributed by atoms with E-state index in [0.717, 1.165) is 116 Å². The summed E-state index contributed by atoms with van der Waals surface area (Å²) < 4.78 is 2.39. The summed E-state index contributed by atoms with van der Waals surface area (Å²) in [6, 6.07) is 66.7. The van der Waals surface area contributed by atoms with Gasteiger partial charge in [-0.2, -0.15) is 0 Å². The first-order valence-electron chi connectivity index (χ1n) is 19.9. The Bertz CT molecular complexity index is 3550. The van der Waals surface area contributed by atoms with Crippen molar-refractivity contribution in [2.75, 3.05) is 0 Å². The molecule has 0 aliphatic rings. The Labute approximate surface area is 339 Å². The van der Waals surface area contributed by atoms with Gasteiger partial charge in [-0.05, 0) is 81.2 Å². The minimum atomic E-state index is 0.886. The molecule has 0 N–H and O–H groups in total. The fraction of sp³-hybridized carbons (Fsp3) is 0. The minimum absolute atomic E-state index is 0.886. The summed E-state index contributed by atoms with van der Waals surface area (Å²) >= 11 is 0. The molecule has 0 aliphatic carbocycles. The van der Waals surface area contributed by atoms with Gasteiger partial charge in [-0.15, -0.1) is 0 Å². The molecule has 5 nitrogen and oxygen atoms in total. The lowest BCUT2D eigenvalue weighted by Gasteiger charge is -2.20. The lowest BCUT2D eigenvalue weighted by Crippen LogP contribution is -2.01. The number of hydrogen-bond acceptors (Lipinski definition) is 4. The number of pyridine rings is 4. The van der Waals surface area contributed by atoms with Gasteiger partial charge in [0.15, 0.2) is 0 Å². The van der Waals surface area contributed by atoms with E-state index in [2.05, 4.69) is 180 Å². The summed E-state index contributed by atoms with van der Waals surface area (Å²) in [7, 11) is 0. The van der Waals surface area contributed by atoms with E-state index in [4.69, 9.17) is 19.9 Å². The fourth-order valence-corrected chi connectivity index (χ4v) is 8.97. The molecule has 12 rings (SSSR count). The molecule has 5 aromatic heterocycles. The van der Waals surface area contributed by atoms with Crippen LogP contribution in [0.15, 0.2) is 200 Å². The van der Waals surface area contributed by atoms with Crippen molar-refractivity contribution >= 4 is 65.2 Å². The van der Waals surface area contributed by atoms with Gasteiger partial charge >= 0.3 is 0 Å². The highest BCUT2D eigenvalue weighted by atomic mass is 15.0. The smallest absolute Gasteiger partial charge is 0.0972 e. The van der Waals surface area contributed by atoms with Crippen LogP contribution in [-0.4, -0.2) is 24.5 Å². The Morgan fingerprint density at radius 1 is 0.322 bits per heavy atom. The third-order valence-corrected chi connectivity index (χ3v) is 11.7. The van der Waals surface area contributed by atoms with Crippen molar-refractivity contribution in [3.05, 3.63) is 200 Å². The molecule has 12 aromatic rings. The molecule has 0 spiro atoms. The molecule has 274 valence electrons. The predicted molar refractivity (Wildman–Crippen MR) is 244 cm³/mol. The van der Waals surface area contributed by atoms with Crippen LogP contribution in [0.1, 0.15) is 0 Å². The van der Waals surface area contributed by atoms with E-state index in [1.54, 1.807) is 0 Å². The summed E-state index contributed by atoms with van der Waals surface area (Å²) in [5, 5.41) is 8.63. The number of fused-ring (bicyclic) bond motifs is 8. The lowest BCUT2D eigenvalue weighted by atomic mass is 9.88. The van der Waals surface area contributed by atoms with E-state index in [-0.39, 0.29) is 0 Å². The SMILES string of the molecule is c1ccc(-c2ccc(-c3ccccc3)n2-c2ccc3c(-c4ccc5ccc6cccnc6c5n4)c4ccccc4c(-c4ccc5ccc6cccnc6c5n4)c3c2)cc1. The van der Waals surface area contributed by atoms with Crippen molar-refractivity contribution in [3.8, 4) is 50.7 Å². The second kappa shape index (κ2) is 13.3. The van der Waals surface area contributed by atoms with E-state index < -0.39 is 0 Å². The molecular weight excluding hydrogens is 719 g/mol. The highest BCUT2D eigenvalue weighted by Crippen LogP contribution is 2.45. The molecule has 0 bridgehead atoms. The molecule has 0 saturated heterocycles. The third kappa shape index (κ3) is 5.33. The van der Waals surface area contributed by atoms with Crippen LogP contribution in [-0.2, 0) is 0 Å². The molecule has 7 aromatic carbocycles. The minimum Gasteiger partial charge on any atom is -0.309 e. The zero-order chi connectivity index (χ0) is 38.9. The normalized spacial score (nSPS) is 11.7. The molecule has 0 saturated carbocycles. The summed E-state index contributed by atoms with van der Waals surface area (Å²) in [6.07, 6.45) is 3.70. The van der Waals surface area contributed by atoms with Gasteiger partial charge in [0.1, 0.15) is 0 Å². The number of benzene rings is 7. The Morgan fingerprint density at radius 3 is 1.29 bits per heavy atom. The fourth-order valence-electron chi connectivity index (χ4n) is 8.97. The maximum atomic E-state index is 5.48. The average molecular weight is 752 g/mol. The van der Waals surface area contributed by atoms with Crippen LogP contribution in [0.2, 0.25) is 0 Å². The highest BCUT2D eigenvalue weighted by Gasteiger charge is 2.22. The van der Waals surface area contributed by atoms with Crippen molar-refractivity contribution in [2.45, 2.75) is 0 Å². The Kier molecular flexibility index (Phi) is 7.47. The maximum Gasteiger partial charge on any atom is 0.0972 e. The van der Waals surface area contributed by atoms with Gasteiger partial charge in [0.2, 0.25) is 0 Å². The maximum absolute atomic E-state index is 5.48. The number of nitrogens with zero attached hydrogens (tertiary/aromatic N) is 5. The summed E-state index contributed by atoms with van der Waals surface area (Å²) in [4.78, 5) is 20.5. The molecule has 59 heavy (non-hydrogen) atoms. The quantitative estimate of drug-likeness (QED) is 0.130. The van der Waals surface area contributed by atoms with Gasteiger partial charge in [-0.1, -0.05) is 140 Å². The van der Waals surface area contributed by atoms with Crippen molar-refractivity contribution in [2.24, 2.45) is 0 Å². The van der Waals surface area contributed by atoms with E-state index in [9.17, 15) is 0 Å². The second-order valence-electron chi connectivity index (χ2n) is 15.0. The average Bonchev–Trinajstić information content (AvgIpc) is 3.76.